The number of rotatable bonds is 6. The second-order valence-corrected chi connectivity index (χ2v) is 11.1. The number of hydrogen-bond donors (Lipinski definition) is 1. The molecule has 36 heavy (non-hydrogen) atoms. The van der Waals surface area contributed by atoms with Crippen LogP contribution in [0.1, 0.15) is 66.9 Å². The Labute approximate surface area is 218 Å². The van der Waals surface area contributed by atoms with Crippen LogP contribution in [0.2, 0.25) is 10.0 Å². The van der Waals surface area contributed by atoms with Gasteiger partial charge in [0.1, 0.15) is 17.3 Å². The van der Waals surface area contributed by atoms with Gasteiger partial charge >= 0.3 is 0 Å². The van der Waals surface area contributed by atoms with Crippen molar-refractivity contribution >= 4 is 23.2 Å². The first kappa shape index (κ1) is 23.9. The standard InChI is InChI=1S/C28H25Cl2FN2O3/c29-22-2-1-3-23(30)25(22)26-20(27(36-33-26)16-5-6-16)14-35-19-11-17-7-8-18(12-19)28(17,34)21-9-4-15(13-32)10-24(21)31/h1-4,9-10,16-19,34H,5-8,11-12,14H2. The van der Waals surface area contributed by atoms with E-state index in [9.17, 15) is 9.50 Å². The number of aromatic nitrogens is 1. The van der Waals surface area contributed by atoms with Crippen molar-refractivity contribution in [1.82, 2.24) is 5.16 Å². The van der Waals surface area contributed by atoms with Gasteiger partial charge in [0.2, 0.25) is 0 Å². The highest BCUT2D eigenvalue weighted by Crippen LogP contribution is 2.56. The van der Waals surface area contributed by atoms with Crippen LogP contribution in [0.5, 0.6) is 0 Å². The highest BCUT2D eigenvalue weighted by Gasteiger charge is 2.55. The first-order valence-electron chi connectivity index (χ1n) is 12.4. The Balaban J connectivity index is 1.24. The number of ether oxygens (including phenoxy) is 1. The highest BCUT2D eigenvalue weighted by molar-refractivity contribution is 6.39. The van der Waals surface area contributed by atoms with Crippen molar-refractivity contribution in [3.63, 3.8) is 0 Å². The minimum Gasteiger partial charge on any atom is -0.384 e. The van der Waals surface area contributed by atoms with Gasteiger partial charge in [-0.05, 0) is 74.6 Å². The van der Waals surface area contributed by atoms with Gasteiger partial charge in [-0.2, -0.15) is 5.26 Å². The molecule has 3 saturated carbocycles. The average Bonchev–Trinajstić information content (AvgIpc) is 3.60. The van der Waals surface area contributed by atoms with Crippen LogP contribution in [0, 0.1) is 29.0 Å². The maximum atomic E-state index is 14.9. The number of nitriles is 1. The molecule has 3 fully saturated rings. The van der Waals surface area contributed by atoms with E-state index in [1.807, 2.05) is 6.07 Å². The Morgan fingerprint density at radius 2 is 1.81 bits per heavy atom. The number of nitrogens with zero attached hydrogens (tertiary/aromatic N) is 2. The van der Waals surface area contributed by atoms with Crippen molar-refractivity contribution in [2.45, 2.75) is 62.8 Å². The summed E-state index contributed by atoms with van der Waals surface area (Å²) in [4.78, 5) is 0. The Bertz CT molecular complexity index is 1330. The highest BCUT2D eigenvalue weighted by atomic mass is 35.5. The van der Waals surface area contributed by atoms with Crippen LogP contribution >= 0.6 is 23.2 Å². The summed E-state index contributed by atoms with van der Waals surface area (Å²) < 4.78 is 27.1. The van der Waals surface area contributed by atoms with E-state index in [1.54, 1.807) is 30.3 Å². The molecule has 186 valence electrons. The monoisotopic (exact) mass is 526 g/mol. The van der Waals surface area contributed by atoms with Gasteiger partial charge in [0, 0.05) is 22.6 Å². The zero-order valence-corrected chi connectivity index (χ0v) is 21.0. The van der Waals surface area contributed by atoms with E-state index in [-0.39, 0.29) is 29.1 Å². The number of fused-ring (bicyclic) bond motifs is 2. The van der Waals surface area contributed by atoms with E-state index in [0.29, 0.717) is 46.7 Å². The quantitative estimate of drug-likeness (QED) is 0.369. The van der Waals surface area contributed by atoms with Gasteiger partial charge in [0.15, 0.2) is 0 Å². The van der Waals surface area contributed by atoms with Gasteiger partial charge in [0.05, 0.1) is 40.0 Å². The molecule has 3 aromatic rings. The van der Waals surface area contributed by atoms with Gasteiger partial charge in [-0.3, -0.25) is 0 Å². The van der Waals surface area contributed by atoms with Crippen molar-refractivity contribution in [1.29, 1.82) is 5.26 Å². The van der Waals surface area contributed by atoms with Crippen molar-refractivity contribution in [3.05, 3.63) is 74.7 Å². The fourth-order valence-corrected chi connectivity index (χ4v) is 6.81. The third-order valence-corrected chi connectivity index (χ3v) is 8.79. The van der Waals surface area contributed by atoms with Crippen LogP contribution in [0.4, 0.5) is 4.39 Å². The van der Waals surface area contributed by atoms with Crippen LogP contribution in [-0.4, -0.2) is 16.4 Å². The molecule has 8 heteroatoms. The van der Waals surface area contributed by atoms with Crippen LogP contribution in [0.15, 0.2) is 40.9 Å². The van der Waals surface area contributed by atoms with Gasteiger partial charge in [-0.25, -0.2) is 4.39 Å². The summed E-state index contributed by atoms with van der Waals surface area (Å²) in [5, 5.41) is 26.1. The third kappa shape index (κ3) is 3.94. The van der Waals surface area contributed by atoms with E-state index in [1.165, 1.54) is 6.07 Å². The summed E-state index contributed by atoms with van der Waals surface area (Å²) in [5.41, 5.74) is 1.42. The summed E-state index contributed by atoms with van der Waals surface area (Å²) in [6.45, 7) is 0.306. The minimum atomic E-state index is -1.25. The second kappa shape index (κ2) is 9.15. The summed E-state index contributed by atoms with van der Waals surface area (Å²) in [7, 11) is 0. The molecule has 2 aromatic carbocycles. The van der Waals surface area contributed by atoms with E-state index >= 15 is 0 Å². The fourth-order valence-electron chi connectivity index (χ4n) is 6.24. The normalized spacial score (nSPS) is 27.2. The van der Waals surface area contributed by atoms with Crippen molar-refractivity contribution in [2.24, 2.45) is 11.8 Å². The lowest BCUT2D eigenvalue weighted by Gasteiger charge is -2.43. The van der Waals surface area contributed by atoms with E-state index in [2.05, 4.69) is 5.16 Å². The topological polar surface area (TPSA) is 79.3 Å². The molecule has 3 aliphatic carbocycles. The number of hydrogen-bond acceptors (Lipinski definition) is 5. The third-order valence-electron chi connectivity index (χ3n) is 8.16. The predicted molar refractivity (Wildman–Crippen MR) is 133 cm³/mol. The van der Waals surface area contributed by atoms with Crippen molar-refractivity contribution in [3.8, 4) is 17.3 Å². The molecule has 6 rings (SSSR count). The lowest BCUT2D eigenvalue weighted by Crippen LogP contribution is -2.45. The molecule has 1 N–H and O–H groups in total. The molecule has 3 aliphatic rings. The molecule has 1 aromatic heterocycles. The number of halogens is 3. The summed E-state index contributed by atoms with van der Waals surface area (Å²) in [6.07, 6.45) is 4.88. The van der Waals surface area contributed by atoms with Crippen LogP contribution in [0.25, 0.3) is 11.3 Å². The van der Waals surface area contributed by atoms with Crippen LogP contribution in [-0.2, 0) is 16.9 Å². The predicted octanol–water partition coefficient (Wildman–Crippen LogP) is 7.13. The second-order valence-electron chi connectivity index (χ2n) is 10.3. The van der Waals surface area contributed by atoms with Gasteiger partial charge in [-0.15, -0.1) is 0 Å². The lowest BCUT2D eigenvalue weighted by molar-refractivity contribution is -0.117. The van der Waals surface area contributed by atoms with Crippen molar-refractivity contribution in [2.75, 3.05) is 0 Å². The number of benzene rings is 2. The minimum absolute atomic E-state index is 0.0826. The molecule has 5 nitrogen and oxygen atoms in total. The fraction of sp³-hybridized carbons (Fsp3) is 0.429. The maximum absolute atomic E-state index is 14.9. The van der Waals surface area contributed by atoms with Gasteiger partial charge < -0.3 is 14.4 Å². The smallest absolute Gasteiger partial charge is 0.145 e. The van der Waals surface area contributed by atoms with E-state index in [4.69, 9.17) is 37.7 Å². The molecule has 2 bridgehead atoms. The summed E-state index contributed by atoms with van der Waals surface area (Å²) in [5.74, 6) is 0.403. The SMILES string of the molecule is N#Cc1ccc(C2(O)C3CCC2CC(OCc2c(-c4c(Cl)cccc4Cl)noc2C2CC2)C3)c(F)c1. The Morgan fingerprint density at radius 3 is 2.42 bits per heavy atom. The Kier molecular flexibility index (Phi) is 6.08. The molecule has 0 spiro atoms. The summed E-state index contributed by atoms with van der Waals surface area (Å²) in [6, 6.07) is 11.7. The molecule has 1 heterocycles. The van der Waals surface area contributed by atoms with E-state index in [0.717, 1.165) is 37.0 Å². The summed E-state index contributed by atoms with van der Waals surface area (Å²) >= 11 is 12.9. The molecule has 0 amide bonds. The lowest BCUT2D eigenvalue weighted by atomic mass is 9.69. The Hall–Kier alpha value is -2.43. The zero-order valence-electron chi connectivity index (χ0n) is 19.5. The molecule has 0 aliphatic heterocycles. The molecule has 2 unspecified atom stereocenters. The zero-order chi connectivity index (χ0) is 25.0. The molecule has 0 saturated heterocycles. The largest absolute Gasteiger partial charge is 0.384 e. The van der Waals surface area contributed by atoms with E-state index < -0.39 is 11.4 Å². The maximum Gasteiger partial charge on any atom is 0.145 e. The first-order valence-corrected chi connectivity index (χ1v) is 13.1. The molecular formula is C28H25Cl2FN2O3. The number of aliphatic hydroxyl groups is 1. The molecule has 2 atom stereocenters. The van der Waals surface area contributed by atoms with Gasteiger partial charge in [0.25, 0.3) is 0 Å². The first-order chi connectivity index (χ1) is 17.4. The van der Waals surface area contributed by atoms with Crippen LogP contribution < -0.4 is 0 Å². The Morgan fingerprint density at radius 1 is 1.11 bits per heavy atom. The van der Waals surface area contributed by atoms with Crippen LogP contribution in [0.3, 0.4) is 0 Å². The van der Waals surface area contributed by atoms with Gasteiger partial charge in [-0.1, -0.05) is 40.5 Å². The molecule has 0 radical (unpaired) electrons. The molecular weight excluding hydrogens is 502 g/mol. The average molecular weight is 527 g/mol. The van der Waals surface area contributed by atoms with Crippen molar-refractivity contribution < 1.29 is 18.8 Å².